The SMILES string of the molecule is CCCCCCCCCN1C=CN(C)C1N. The van der Waals surface area contributed by atoms with Crippen molar-refractivity contribution in [2.75, 3.05) is 13.6 Å². The van der Waals surface area contributed by atoms with Crippen molar-refractivity contribution in [1.29, 1.82) is 0 Å². The molecule has 3 heteroatoms. The minimum absolute atomic E-state index is 0.0556. The first-order chi connectivity index (χ1) is 7.75. The third-order valence-electron chi connectivity index (χ3n) is 3.27. The van der Waals surface area contributed by atoms with Crippen molar-refractivity contribution in [3.8, 4) is 0 Å². The zero-order chi connectivity index (χ0) is 11.8. The van der Waals surface area contributed by atoms with Crippen molar-refractivity contribution < 1.29 is 0 Å². The minimum Gasteiger partial charge on any atom is -0.347 e. The largest absolute Gasteiger partial charge is 0.347 e. The average molecular weight is 225 g/mol. The van der Waals surface area contributed by atoms with Gasteiger partial charge in [0.05, 0.1) is 0 Å². The second kappa shape index (κ2) is 7.55. The Balaban J connectivity index is 1.94. The molecule has 0 aromatic rings. The predicted molar refractivity (Wildman–Crippen MR) is 69.6 cm³/mol. The molecule has 3 nitrogen and oxygen atoms in total. The van der Waals surface area contributed by atoms with Gasteiger partial charge in [-0.15, -0.1) is 0 Å². The molecule has 1 heterocycles. The number of rotatable bonds is 8. The maximum Gasteiger partial charge on any atom is 0.154 e. The van der Waals surface area contributed by atoms with E-state index in [0.717, 1.165) is 6.54 Å². The van der Waals surface area contributed by atoms with E-state index in [0.29, 0.717) is 0 Å². The van der Waals surface area contributed by atoms with E-state index in [1.54, 1.807) is 0 Å². The summed E-state index contributed by atoms with van der Waals surface area (Å²) < 4.78 is 0. The number of nitrogens with zero attached hydrogens (tertiary/aromatic N) is 2. The van der Waals surface area contributed by atoms with Gasteiger partial charge in [0.15, 0.2) is 6.29 Å². The zero-order valence-electron chi connectivity index (χ0n) is 10.9. The molecule has 94 valence electrons. The molecule has 1 aliphatic heterocycles. The molecule has 0 spiro atoms. The first-order valence-electron chi connectivity index (χ1n) is 6.67. The highest BCUT2D eigenvalue weighted by Gasteiger charge is 2.17. The van der Waals surface area contributed by atoms with E-state index in [-0.39, 0.29) is 6.29 Å². The first-order valence-corrected chi connectivity index (χ1v) is 6.67. The van der Waals surface area contributed by atoms with Crippen LogP contribution in [0.25, 0.3) is 0 Å². The summed E-state index contributed by atoms with van der Waals surface area (Å²) >= 11 is 0. The van der Waals surface area contributed by atoms with Gasteiger partial charge in [-0.3, -0.25) is 5.73 Å². The van der Waals surface area contributed by atoms with Gasteiger partial charge in [-0.05, 0) is 6.42 Å². The predicted octanol–water partition coefficient (Wildman–Crippen LogP) is 2.70. The van der Waals surface area contributed by atoms with E-state index in [2.05, 4.69) is 18.0 Å². The summed E-state index contributed by atoms with van der Waals surface area (Å²) in [6.45, 7) is 3.35. The third kappa shape index (κ3) is 4.44. The fourth-order valence-electron chi connectivity index (χ4n) is 2.06. The van der Waals surface area contributed by atoms with Crippen molar-refractivity contribution >= 4 is 0 Å². The van der Waals surface area contributed by atoms with E-state index >= 15 is 0 Å². The van der Waals surface area contributed by atoms with Gasteiger partial charge in [0.2, 0.25) is 0 Å². The lowest BCUT2D eigenvalue weighted by Gasteiger charge is -2.26. The van der Waals surface area contributed by atoms with Crippen LogP contribution in [-0.2, 0) is 0 Å². The molecular formula is C13H27N3. The molecule has 0 saturated carbocycles. The highest BCUT2D eigenvalue weighted by Crippen LogP contribution is 2.12. The van der Waals surface area contributed by atoms with Crippen LogP contribution in [0.15, 0.2) is 12.4 Å². The van der Waals surface area contributed by atoms with E-state index in [4.69, 9.17) is 5.73 Å². The fourth-order valence-corrected chi connectivity index (χ4v) is 2.06. The molecule has 0 bridgehead atoms. The van der Waals surface area contributed by atoms with E-state index in [9.17, 15) is 0 Å². The van der Waals surface area contributed by atoms with E-state index in [1.165, 1.54) is 44.9 Å². The summed E-state index contributed by atoms with van der Waals surface area (Å²) in [5.41, 5.74) is 5.99. The Morgan fingerprint density at radius 3 is 2.19 bits per heavy atom. The van der Waals surface area contributed by atoms with Crippen LogP contribution in [0.2, 0.25) is 0 Å². The van der Waals surface area contributed by atoms with Gasteiger partial charge in [-0.1, -0.05) is 45.4 Å². The summed E-state index contributed by atoms with van der Waals surface area (Å²) in [7, 11) is 2.02. The summed E-state index contributed by atoms with van der Waals surface area (Å²) in [5, 5.41) is 0. The van der Waals surface area contributed by atoms with Crippen LogP contribution in [0.5, 0.6) is 0 Å². The molecule has 0 radical (unpaired) electrons. The van der Waals surface area contributed by atoms with Gasteiger partial charge in [0, 0.05) is 26.0 Å². The second-order valence-corrected chi connectivity index (χ2v) is 4.74. The Bertz CT molecular complexity index is 203. The molecule has 0 amide bonds. The standard InChI is InChI=1S/C13H27N3/c1-3-4-5-6-7-8-9-10-16-12-11-15(2)13(16)14/h11-13H,3-10,14H2,1-2H3. The smallest absolute Gasteiger partial charge is 0.154 e. The number of unbranched alkanes of at least 4 members (excludes halogenated alkanes) is 6. The lowest BCUT2D eigenvalue weighted by molar-refractivity contribution is 0.180. The Morgan fingerprint density at radius 1 is 1.00 bits per heavy atom. The lowest BCUT2D eigenvalue weighted by Crippen LogP contribution is -2.44. The van der Waals surface area contributed by atoms with E-state index < -0.39 is 0 Å². The van der Waals surface area contributed by atoms with Crippen LogP contribution in [0.1, 0.15) is 51.9 Å². The quantitative estimate of drug-likeness (QED) is 0.645. The average Bonchev–Trinajstić information content (AvgIpc) is 2.59. The van der Waals surface area contributed by atoms with Crippen LogP contribution < -0.4 is 5.73 Å². The Morgan fingerprint density at radius 2 is 1.62 bits per heavy atom. The van der Waals surface area contributed by atoms with E-state index in [1.807, 2.05) is 18.1 Å². The first kappa shape index (κ1) is 13.4. The third-order valence-corrected chi connectivity index (χ3v) is 3.27. The molecule has 0 saturated heterocycles. The van der Waals surface area contributed by atoms with Crippen LogP contribution >= 0.6 is 0 Å². The Hall–Kier alpha value is -0.700. The molecule has 1 rings (SSSR count). The minimum atomic E-state index is 0.0556. The molecule has 16 heavy (non-hydrogen) atoms. The summed E-state index contributed by atoms with van der Waals surface area (Å²) in [6, 6.07) is 0. The highest BCUT2D eigenvalue weighted by molar-refractivity contribution is 4.92. The monoisotopic (exact) mass is 225 g/mol. The zero-order valence-corrected chi connectivity index (χ0v) is 10.9. The van der Waals surface area contributed by atoms with Crippen molar-refractivity contribution in [3.63, 3.8) is 0 Å². The highest BCUT2D eigenvalue weighted by atomic mass is 15.4. The number of hydrogen-bond donors (Lipinski definition) is 1. The molecule has 0 fully saturated rings. The Kier molecular flexibility index (Phi) is 6.31. The van der Waals surface area contributed by atoms with Crippen LogP contribution in [0, 0.1) is 0 Å². The number of hydrogen-bond acceptors (Lipinski definition) is 3. The summed E-state index contributed by atoms with van der Waals surface area (Å²) in [5.74, 6) is 0. The van der Waals surface area contributed by atoms with Crippen LogP contribution in [0.4, 0.5) is 0 Å². The van der Waals surface area contributed by atoms with Crippen molar-refractivity contribution in [2.24, 2.45) is 5.73 Å². The molecule has 0 aliphatic carbocycles. The molecule has 0 aromatic carbocycles. The molecule has 0 aromatic heterocycles. The molecule has 2 N–H and O–H groups in total. The van der Waals surface area contributed by atoms with Crippen molar-refractivity contribution in [1.82, 2.24) is 9.80 Å². The number of nitrogens with two attached hydrogens (primary N) is 1. The van der Waals surface area contributed by atoms with Crippen molar-refractivity contribution in [2.45, 2.75) is 58.2 Å². The molecule has 1 atom stereocenters. The van der Waals surface area contributed by atoms with Gasteiger partial charge >= 0.3 is 0 Å². The maximum atomic E-state index is 5.99. The second-order valence-electron chi connectivity index (χ2n) is 4.74. The van der Waals surface area contributed by atoms with Gasteiger partial charge < -0.3 is 9.80 Å². The van der Waals surface area contributed by atoms with Crippen LogP contribution in [-0.4, -0.2) is 29.7 Å². The molecule has 1 aliphatic rings. The molecule has 1 unspecified atom stereocenters. The topological polar surface area (TPSA) is 32.5 Å². The summed E-state index contributed by atoms with van der Waals surface area (Å²) in [4.78, 5) is 4.26. The fraction of sp³-hybridized carbons (Fsp3) is 0.846. The Labute approximate surface area is 100 Å². The van der Waals surface area contributed by atoms with Crippen LogP contribution in [0.3, 0.4) is 0 Å². The van der Waals surface area contributed by atoms with Gasteiger partial charge in [0.25, 0.3) is 0 Å². The lowest BCUT2D eigenvalue weighted by atomic mass is 10.1. The maximum absolute atomic E-state index is 5.99. The van der Waals surface area contributed by atoms with Gasteiger partial charge in [0.1, 0.15) is 0 Å². The van der Waals surface area contributed by atoms with Gasteiger partial charge in [-0.25, -0.2) is 0 Å². The summed E-state index contributed by atoms with van der Waals surface area (Å²) in [6.07, 6.45) is 13.7. The normalized spacial score (nSPS) is 19.8. The van der Waals surface area contributed by atoms with Gasteiger partial charge in [-0.2, -0.15) is 0 Å². The van der Waals surface area contributed by atoms with Crippen molar-refractivity contribution in [3.05, 3.63) is 12.4 Å². The molecular weight excluding hydrogens is 198 g/mol.